The van der Waals surface area contributed by atoms with Gasteiger partial charge in [-0.15, -0.1) is 0 Å². The number of hydrogen-bond acceptors (Lipinski definition) is 9. The smallest absolute Gasteiger partial charge is 0.338 e. The highest BCUT2D eigenvalue weighted by atomic mass is 16.6. The third kappa shape index (κ3) is 16.1. The van der Waals surface area contributed by atoms with E-state index in [1.807, 2.05) is 27.7 Å². The highest BCUT2D eigenvalue weighted by Crippen LogP contribution is 2.29. The first kappa shape index (κ1) is 23.5. The average Bonchev–Trinajstić information content (AvgIpc) is 4.01. The van der Waals surface area contributed by atoms with Gasteiger partial charge in [0.15, 0.2) is 36.0 Å². The van der Waals surface area contributed by atoms with Crippen LogP contribution in [-0.4, -0.2) is 84.5 Å². The van der Waals surface area contributed by atoms with Crippen LogP contribution in [0.1, 0.15) is 120 Å². The summed E-state index contributed by atoms with van der Waals surface area (Å²) in [7, 11) is 0. The zero-order chi connectivity index (χ0) is 47.4. The monoisotopic (exact) mass is 668 g/mol. The fraction of sp³-hybridized carbons (Fsp3) is 0.824. The number of hydrogen-bond donors (Lipinski definition) is 3. The van der Waals surface area contributed by atoms with E-state index in [-0.39, 0.29) is 31.5 Å². The minimum absolute atomic E-state index is 0.0541. The molecule has 264 valence electrons. The van der Waals surface area contributed by atoms with E-state index >= 15 is 0 Å². The number of epoxide rings is 2. The van der Waals surface area contributed by atoms with E-state index in [0.29, 0.717) is 12.8 Å². The molecule has 8 atom stereocenters. The van der Waals surface area contributed by atoms with Gasteiger partial charge in [0.25, 0.3) is 0 Å². The number of aliphatic carboxylic acids is 1. The van der Waals surface area contributed by atoms with E-state index in [4.69, 9.17) is 38.5 Å². The van der Waals surface area contributed by atoms with E-state index in [1.54, 1.807) is 6.92 Å². The van der Waals surface area contributed by atoms with Crippen LogP contribution in [-0.2, 0) is 43.0 Å². The number of rotatable bonds is 21. The Labute approximate surface area is 294 Å². The van der Waals surface area contributed by atoms with Gasteiger partial charge in [-0.1, -0.05) is 55.2 Å². The molecule has 0 aliphatic carbocycles. The Morgan fingerprint density at radius 2 is 1.17 bits per heavy atom. The molecule has 12 nitrogen and oxygen atoms in total. The van der Waals surface area contributed by atoms with Gasteiger partial charge < -0.3 is 30.0 Å². The summed E-state index contributed by atoms with van der Waals surface area (Å²) in [5.41, 5.74) is 0. The lowest BCUT2D eigenvalue weighted by molar-refractivity contribution is -0.144. The lowest BCUT2D eigenvalue weighted by Crippen LogP contribution is -2.35. The van der Waals surface area contributed by atoms with Gasteiger partial charge in [0.2, 0.25) is 11.8 Å². The Bertz CT molecular complexity index is 1590. The number of carbonyl (C=O) groups is 6. The van der Waals surface area contributed by atoms with Gasteiger partial charge in [0.1, 0.15) is 0 Å². The zero-order valence-electron chi connectivity index (χ0n) is 41.5. The molecule has 0 aromatic rings. The lowest BCUT2D eigenvalue weighted by atomic mass is 9.90. The molecule has 2 saturated heterocycles. The van der Waals surface area contributed by atoms with Crippen LogP contribution in [0.2, 0.25) is 0 Å². The maximum absolute atomic E-state index is 12.9. The van der Waals surface area contributed by atoms with Crippen LogP contribution in [0.4, 0.5) is 0 Å². The number of carbonyl (C=O) groups excluding carboxylic acids is 5. The minimum Gasteiger partial charge on any atom is -0.479 e. The van der Waals surface area contributed by atoms with Crippen molar-refractivity contribution in [1.29, 1.82) is 0 Å². The fourth-order valence-corrected chi connectivity index (χ4v) is 3.83. The second-order valence-electron chi connectivity index (χ2n) is 11.7. The molecule has 0 radical (unpaired) electrons. The number of nitrogens with one attached hydrogen (secondary N) is 2. The van der Waals surface area contributed by atoms with Gasteiger partial charge in [0, 0.05) is 56.9 Å². The van der Waals surface area contributed by atoms with Crippen LogP contribution in [0.3, 0.4) is 0 Å². The largest absolute Gasteiger partial charge is 0.479 e. The van der Waals surface area contributed by atoms with Gasteiger partial charge in [-0.3, -0.25) is 19.2 Å². The first-order chi connectivity index (χ1) is 26.8. The van der Waals surface area contributed by atoms with Crippen LogP contribution in [0.5, 0.6) is 0 Å². The van der Waals surface area contributed by atoms with Crippen molar-refractivity contribution in [2.75, 3.05) is 19.7 Å². The predicted octanol–water partition coefficient (Wildman–Crippen LogP) is 3.72. The topological polar surface area (TPSA) is 181 Å². The summed E-state index contributed by atoms with van der Waals surface area (Å²) in [4.78, 5) is 73.3. The summed E-state index contributed by atoms with van der Waals surface area (Å²) >= 11 is 0. The summed E-state index contributed by atoms with van der Waals surface area (Å²) in [6.45, 7) is 4.38. The van der Waals surface area contributed by atoms with Crippen LogP contribution in [0.15, 0.2) is 0 Å². The van der Waals surface area contributed by atoms with Crippen molar-refractivity contribution in [2.24, 2.45) is 35.4 Å². The molecule has 2 amide bonds. The van der Waals surface area contributed by atoms with Crippen LogP contribution >= 0.6 is 0 Å². The van der Waals surface area contributed by atoms with E-state index in [9.17, 15) is 28.8 Å². The molecule has 2 fully saturated rings. The van der Waals surface area contributed by atoms with E-state index < -0.39 is 123 Å². The second-order valence-corrected chi connectivity index (χ2v) is 11.7. The van der Waals surface area contributed by atoms with Gasteiger partial charge in [0.05, 0.1) is 6.61 Å². The van der Waals surface area contributed by atoms with E-state index in [0.717, 1.165) is 13.8 Å². The number of ether oxygens (including phenoxy) is 3. The summed E-state index contributed by atoms with van der Waals surface area (Å²) in [5.74, 6) is -18.0. The van der Waals surface area contributed by atoms with Crippen molar-refractivity contribution in [1.82, 2.24) is 10.6 Å². The Balaban J connectivity index is 0.000000601. The molecule has 0 aromatic carbocycles. The molecule has 0 saturated carbocycles. The highest BCUT2D eigenvalue weighted by Gasteiger charge is 2.52. The zero-order valence-corrected chi connectivity index (χ0v) is 27.5. The third-order valence-electron chi connectivity index (χ3n) is 6.32. The van der Waals surface area contributed by atoms with Crippen molar-refractivity contribution in [2.45, 2.75) is 125 Å². The van der Waals surface area contributed by atoms with E-state index in [2.05, 4.69) is 10.6 Å². The van der Waals surface area contributed by atoms with Crippen LogP contribution in [0, 0.1) is 35.4 Å². The van der Waals surface area contributed by atoms with Gasteiger partial charge in [-0.25, -0.2) is 9.59 Å². The molecule has 12 heteroatoms. The molecule has 2 unspecified atom stereocenters. The minimum atomic E-state index is -3.30. The Morgan fingerprint density at radius 1 is 0.761 bits per heavy atom. The summed E-state index contributed by atoms with van der Waals surface area (Å²) in [5, 5.41) is 13.6. The number of Topliss-reactive ketones (excluding diaryl/α,β-unsaturated/α-hetero) is 2. The maximum Gasteiger partial charge on any atom is 0.338 e. The summed E-state index contributed by atoms with van der Waals surface area (Å²) < 4.78 is 126. The molecule has 2 heterocycles. The van der Waals surface area contributed by atoms with Gasteiger partial charge in [-0.05, 0) is 56.1 Å². The van der Waals surface area contributed by atoms with Gasteiger partial charge in [-0.2, -0.15) is 0 Å². The lowest BCUT2D eigenvalue weighted by Gasteiger charge is -2.18. The predicted molar refractivity (Wildman–Crippen MR) is 172 cm³/mol. The molecule has 0 spiro atoms. The van der Waals surface area contributed by atoms with Crippen LogP contribution in [0.25, 0.3) is 0 Å². The number of carboxylic acids is 1. The normalized spacial score (nSPS) is 30.8. The number of ketones is 2. The van der Waals surface area contributed by atoms with Crippen molar-refractivity contribution in [3.63, 3.8) is 0 Å². The molecule has 46 heavy (non-hydrogen) atoms. The van der Waals surface area contributed by atoms with Crippen LogP contribution < -0.4 is 10.6 Å². The molecule has 2 rings (SSSR count). The van der Waals surface area contributed by atoms with Crippen molar-refractivity contribution < 1.29 is 67.3 Å². The number of amides is 2. The summed E-state index contributed by atoms with van der Waals surface area (Å²) in [6.07, 6.45) is -13.2. The number of carboxylic acid groups (broad SMARTS) is 1. The van der Waals surface area contributed by atoms with Gasteiger partial charge >= 0.3 is 11.9 Å². The Hall–Kier alpha value is -2.86. The first-order valence-corrected chi connectivity index (χ1v) is 15.2. The Kier molecular flexibility index (Phi) is 10.4. The molecule has 3 N–H and O–H groups in total. The van der Waals surface area contributed by atoms with E-state index in [1.165, 1.54) is 0 Å². The first-order valence-electron chi connectivity index (χ1n) is 22.2. The SMILES string of the molecule is [2H]C([2H])([2H])C([2H])(C)C([2H])([2H])[C@@]([2H])(CC(=O)[C@H]1O[C@@H]1C(=O)O)C(=O)NCCC(C)C.[2H]C([2H])([2H])C([2H])(C)C([2H])([2H])[C@@]([2H])(CC(=O)[C@H]1O[C@@H]1C(=O)OCC)C(=O)NCCC(C)C. The molecule has 0 bridgehead atoms. The quantitative estimate of drug-likeness (QED) is 0.120. The van der Waals surface area contributed by atoms with Crippen molar-refractivity contribution in [3.05, 3.63) is 0 Å². The highest BCUT2D eigenvalue weighted by molar-refractivity contribution is 5.96. The maximum atomic E-state index is 12.9. The van der Waals surface area contributed by atoms with Crippen molar-refractivity contribution >= 4 is 35.3 Å². The fourth-order valence-electron chi connectivity index (χ4n) is 3.83. The summed E-state index contributed by atoms with van der Waals surface area (Å²) in [6, 6.07) is 0. The average molecular weight is 669 g/mol. The Morgan fingerprint density at radius 3 is 1.52 bits per heavy atom. The van der Waals surface area contributed by atoms with Crippen molar-refractivity contribution in [3.8, 4) is 0 Å². The number of esters is 1. The molecular weight excluding hydrogens is 596 g/mol. The standard InChI is InChI=1S/C18H31NO5.C16H27NO5/c1-6-23-18(22)16-15(24-16)14(20)10-13(9-12(4)5)17(21)19-8-7-11(2)3;1-9(2)5-6-17-15(19)11(7-10(3)4)8-12(18)13-14(22-13)16(20)21/h11-13,15-16H,6-10H2,1-5H3,(H,19,21);9-11,13-14H,5-8H2,1-4H3,(H,17,19)(H,20,21)/t13-,15+,16-;11-,13+,14-/m00/s1/i4D3,9D2,12D,13D;3D3,7D2,10D,11D/t12?,13-,15+,16-;10?,11-,13+,14-. The molecular formula is C34H58N2O10. The third-order valence-corrected chi connectivity index (χ3v) is 6.32. The molecule has 2 aliphatic heterocycles. The second kappa shape index (κ2) is 20.4. The molecule has 2 aliphatic rings. The molecule has 0 aromatic heterocycles.